The Balaban J connectivity index is 2.05. The van der Waals surface area contributed by atoms with Gasteiger partial charge in [-0.15, -0.1) is 0 Å². The van der Waals surface area contributed by atoms with Crippen molar-refractivity contribution >= 4 is 27.4 Å². The van der Waals surface area contributed by atoms with Crippen molar-refractivity contribution in [2.45, 2.75) is 6.42 Å². The number of fused-ring (bicyclic) bond motifs is 3. The zero-order valence-corrected chi connectivity index (χ0v) is 10.9. The molecule has 1 heterocycles. The van der Waals surface area contributed by atoms with Crippen LogP contribution in [-0.4, -0.2) is 4.57 Å². The topological polar surface area (TPSA) is 4.93 Å². The third-order valence-electron chi connectivity index (χ3n) is 4.06. The SMILES string of the molecule is Cn1c2ccccc2c2cc(C3=CC=CC3)ccc21. The van der Waals surface area contributed by atoms with E-state index in [-0.39, 0.29) is 0 Å². The summed E-state index contributed by atoms with van der Waals surface area (Å²) < 4.78 is 2.27. The minimum atomic E-state index is 1.05. The lowest BCUT2D eigenvalue weighted by Crippen LogP contribution is -1.86. The van der Waals surface area contributed by atoms with Gasteiger partial charge in [0.05, 0.1) is 0 Å². The number of para-hydroxylation sites is 1. The van der Waals surface area contributed by atoms with Gasteiger partial charge in [0.1, 0.15) is 0 Å². The Labute approximate surface area is 112 Å². The van der Waals surface area contributed by atoms with Crippen molar-refractivity contribution in [3.63, 3.8) is 0 Å². The van der Waals surface area contributed by atoms with Crippen LogP contribution in [-0.2, 0) is 7.05 Å². The maximum absolute atomic E-state index is 2.33. The molecule has 92 valence electrons. The Hall–Kier alpha value is -2.28. The molecule has 1 heteroatoms. The average molecular weight is 245 g/mol. The predicted octanol–water partition coefficient (Wildman–Crippen LogP) is 4.67. The summed E-state index contributed by atoms with van der Waals surface area (Å²) in [5.74, 6) is 0. The van der Waals surface area contributed by atoms with Gasteiger partial charge in [-0.2, -0.15) is 0 Å². The Morgan fingerprint density at radius 3 is 2.63 bits per heavy atom. The Morgan fingerprint density at radius 1 is 0.947 bits per heavy atom. The van der Waals surface area contributed by atoms with Crippen molar-refractivity contribution in [1.29, 1.82) is 0 Å². The first-order valence-electron chi connectivity index (χ1n) is 6.68. The molecule has 3 aromatic rings. The van der Waals surface area contributed by atoms with Gasteiger partial charge in [-0.3, -0.25) is 0 Å². The summed E-state index contributed by atoms with van der Waals surface area (Å²) in [6.45, 7) is 0. The zero-order valence-electron chi connectivity index (χ0n) is 10.9. The van der Waals surface area contributed by atoms with Crippen molar-refractivity contribution in [3.8, 4) is 0 Å². The van der Waals surface area contributed by atoms with Crippen LogP contribution in [0.5, 0.6) is 0 Å². The molecular formula is C18H15N. The summed E-state index contributed by atoms with van der Waals surface area (Å²) in [5, 5.41) is 2.69. The van der Waals surface area contributed by atoms with Crippen molar-refractivity contribution in [2.24, 2.45) is 7.05 Å². The third-order valence-corrected chi connectivity index (χ3v) is 4.06. The normalized spacial score (nSPS) is 14.5. The minimum absolute atomic E-state index is 1.05. The second-order valence-corrected chi connectivity index (χ2v) is 5.13. The summed E-state index contributed by atoms with van der Waals surface area (Å²) in [7, 11) is 2.14. The van der Waals surface area contributed by atoms with Gasteiger partial charge in [-0.1, -0.05) is 42.5 Å². The lowest BCUT2D eigenvalue weighted by Gasteiger charge is -2.03. The van der Waals surface area contributed by atoms with Gasteiger partial charge >= 0.3 is 0 Å². The van der Waals surface area contributed by atoms with E-state index in [0.717, 1.165) is 6.42 Å². The number of rotatable bonds is 1. The molecule has 0 spiro atoms. The van der Waals surface area contributed by atoms with E-state index in [4.69, 9.17) is 0 Å². The van der Waals surface area contributed by atoms with Gasteiger partial charge in [-0.25, -0.2) is 0 Å². The maximum Gasteiger partial charge on any atom is 0.0489 e. The van der Waals surface area contributed by atoms with Crippen molar-refractivity contribution in [2.75, 3.05) is 0 Å². The highest BCUT2D eigenvalue weighted by Crippen LogP contribution is 2.32. The van der Waals surface area contributed by atoms with Crippen LogP contribution in [0.25, 0.3) is 27.4 Å². The number of benzene rings is 2. The van der Waals surface area contributed by atoms with Gasteiger partial charge in [0.25, 0.3) is 0 Å². The molecule has 4 rings (SSSR count). The summed E-state index contributed by atoms with van der Waals surface area (Å²) in [4.78, 5) is 0. The fourth-order valence-electron chi connectivity index (χ4n) is 3.03. The van der Waals surface area contributed by atoms with Gasteiger partial charge in [-0.05, 0) is 35.8 Å². The van der Waals surface area contributed by atoms with Crippen LogP contribution < -0.4 is 0 Å². The van der Waals surface area contributed by atoms with Crippen LogP contribution >= 0.6 is 0 Å². The molecule has 0 radical (unpaired) electrons. The number of hydrogen-bond donors (Lipinski definition) is 0. The highest BCUT2D eigenvalue weighted by atomic mass is 14.9. The van der Waals surface area contributed by atoms with Gasteiger partial charge < -0.3 is 4.57 Å². The maximum atomic E-state index is 2.33. The molecule has 1 aliphatic rings. The molecule has 1 nitrogen and oxygen atoms in total. The smallest absolute Gasteiger partial charge is 0.0489 e. The van der Waals surface area contributed by atoms with Crippen molar-refractivity contribution in [1.82, 2.24) is 4.57 Å². The Bertz CT molecular complexity index is 847. The number of hydrogen-bond acceptors (Lipinski definition) is 0. The molecule has 1 aromatic heterocycles. The molecule has 0 aliphatic heterocycles. The predicted molar refractivity (Wildman–Crippen MR) is 82.2 cm³/mol. The standard InChI is InChI=1S/C18H15N/c1-19-17-9-5-4-8-15(17)16-12-14(10-11-18(16)19)13-6-2-3-7-13/h2-6,8-12H,7H2,1H3. The average Bonchev–Trinajstić information content (AvgIpc) is 3.08. The molecule has 0 fully saturated rings. The lowest BCUT2D eigenvalue weighted by atomic mass is 10.0. The lowest BCUT2D eigenvalue weighted by molar-refractivity contribution is 1.01. The van der Waals surface area contributed by atoms with Crippen molar-refractivity contribution < 1.29 is 0 Å². The minimum Gasteiger partial charge on any atom is -0.344 e. The van der Waals surface area contributed by atoms with Crippen LogP contribution in [0.3, 0.4) is 0 Å². The van der Waals surface area contributed by atoms with Gasteiger partial charge in [0, 0.05) is 28.9 Å². The summed E-state index contributed by atoms with van der Waals surface area (Å²) in [6, 6.07) is 15.4. The molecule has 0 N–H and O–H groups in total. The van der Waals surface area contributed by atoms with Crippen molar-refractivity contribution in [3.05, 3.63) is 66.3 Å². The number of allylic oxidation sites excluding steroid dienone is 4. The molecule has 2 aromatic carbocycles. The first-order chi connectivity index (χ1) is 9.34. The summed E-state index contributed by atoms with van der Waals surface area (Å²) >= 11 is 0. The van der Waals surface area contributed by atoms with Gasteiger partial charge in [0.15, 0.2) is 0 Å². The number of aryl methyl sites for hydroxylation is 1. The molecule has 0 unspecified atom stereocenters. The van der Waals surface area contributed by atoms with E-state index in [1.165, 1.54) is 32.9 Å². The fraction of sp³-hybridized carbons (Fsp3) is 0.111. The van der Waals surface area contributed by atoms with Crippen LogP contribution in [0.1, 0.15) is 12.0 Å². The van der Waals surface area contributed by atoms with E-state index >= 15 is 0 Å². The van der Waals surface area contributed by atoms with Crippen LogP contribution in [0, 0.1) is 0 Å². The molecule has 0 saturated heterocycles. The molecule has 0 bridgehead atoms. The first-order valence-corrected chi connectivity index (χ1v) is 6.68. The largest absolute Gasteiger partial charge is 0.344 e. The van der Waals surface area contributed by atoms with Crippen LogP contribution in [0.15, 0.2) is 60.7 Å². The highest BCUT2D eigenvalue weighted by molar-refractivity contribution is 6.08. The van der Waals surface area contributed by atoms with Crippen LogP contribution in [0.4, 0.5) is 0 Å². The zero-order chi connectivity index (χ0) is 12.8. The molecule has 1 aliphatic carbocycles. The first kappa shape index (κ1) is 10.6. The number of nitrogens with zero attached hydrogens (tertiary/aromatic N) is 1. The van der Waals surface area contributed by atoms with E-state index in [0.29, 0.717) is 0 Å². The van der Waals surface area contributed by atoms with E-state index < -0.39 is 0 Å². The molecular weight excluding hydrogens is 230 g/mol. The summed E-state index contributed by atoms with van der Waals surface area (Å²) in [6.07, 6.45) is 7.62. The molecule has 0 saturated carbocycles. The second-order valence-electron chi connectivity index (χ2n) is 5.13. The third kappa shape index (κ3) is 1.48. The monoisotopic (exact) mass is 245 g/mol. The molecule has 19 heavy (non-hydrogen) atoms. The van der Waals surface area contributed by atoms with E-state index in [2.05, 4.69) is 72.3 Å². The van der Waals surface area contributed by atoms with E-state index in [1.807, 2.05) is 0 Å². The highest BCUT2D eigenvalue weighted by Gasteiger charge is 2.10. The quantitative estimate of drug-likeness (QED) is 0.587. The molecule has 0 amide bonds. The van der Waals surface area contributed by atoms with E-state index in [9.17, 15) is 0 Å². The second kappa shape index (κ2) is 3.86. The van der Waals surface area contributed by atoms with E-state index in [1.54, 1.807) is 0 Å². The Morgan fingerprint density at radius 2 is 1.79 bits per heavy atom. The van der Waals surface area contributed by atoms with Gasteiger partial charge in [0.2, 0.25) is 0 Å². The number of aromatic nitrogens is 1. The Kier molecular flexibility index (Phi) is 2.16. The summed E-state index contributed by atoms with van der Waals surface area (Å²) in [5.41, 5.74) is 5.35. The fourth-order valence-corrected chi connectivity index (χ4v) is 3.03. The molecule has 0 atom stereocenters. The van der Waals surface area contributed by atoms with Crippen LogP contribution in [0.2, 0.25) is 0 Å².